The summed E-state index contributed by atoms with van der Waals surface area (Å²) in [6, 6.07) is 36.7. The Bertz CT molecular complexity index is 1750. The highest BCUT2D eigenvalue weighted by Gasteiger charge is 2.39. The Balaban J connectivity index is 1.32. The monoisotopic (exact) mass is 697 g/mol. The molecule has 1 aliphatic heterocycles. The van der Waals surface area contributed by atoms with Gasteiger partial charge in [0.05, 0.1) is 10.5 Å². The fourth-order valence-electron chi connectivity index (χ4n) is 6.62. The molecule has 4 aromatic carbocycles. The molecule has 0 aromatic heterocycles. The number of benzene rings is 4. The summed E-state index contributed by atoms with van der Waals surface area (Å²) in [5.74, 6) is -0.459. The van der Waals surface area contributed by atoms with Gasteiger partial charge in [-0.2, -0.15) is 4.31 Å². The SMILES string of the molecule is CCN(C(=O)OCc1ccccc1)C1CCN(CCC(COC(=O)c2ccccc2)(CN(C)S(=O)(=O)c2ccccc2)c2ccccc2)CC1. The molecule has 0 aliphatic carbocycles. The second-order valence-electron chi connectivity index (χ2n) is 12.8. The normalized spacial score (nSPS) is 15.3. The zero-order valence-electron chi connectivity index (χ0n) is 28.9. The van der Waals surface area contributed by atoms with Crippen LogP contribution in [0.2, 0.25) is 0 Å². The highest BCUT2D eigenvalue weighted by molar-refractivity contribution is 7.89. The summed E-state index contributed by atoms with van der Waals surface area (Å²) in [5.41, 5.74) is 1.43. The van der Waals surface area contributed by atoms with E-state index in [2.05, 4.69) is 4.90 Å². The van der Waals surface area contributed by atoms with Crippen molar-refractivity contribution >= 4 is 22.1 Å². The molecular weight excluding hydrogens is 651 g/mol. The van der Waals surface area contributed by atoms with Crippen molar-refractivity contribution in [3.63, 3.8) is 0 Å². The Morgan fingerprint density at radius 2 is 1.36 bits per heavy atom. The quantitative estimate of drug-likeness (QED) is 0.129. The molecule has 1 heterocycles. The summed E-state index contributed by atoms with van der Waals surface area (Å²) in [6.45, 7) is 5.04. The van der Waals surface area contributed by atoms with Crippen LogP contribution in [0.1, 0.15) is 47.7 Å². The van der Waals surface area contributed by atoms with E-state index in [-0.39, 0.29) is 36.8 Å². The molecule has 5 rings (SSSR count). The molecule has 0 radical (unpaired) electrons. The number of esters is 1. The lowest BCUT2D eigenvalue weighted by Gasteiger charge is -2.41. The van der Waals surface area contributed by atoms with Crippen molar-refractivity contribution in [2.75, 3.05) is 46.4 Å². The highest BCUT2D eigenvalue weighted by Crippen LogP contribution is 2.33. The van der Waals surface area contributed by atoms with Crippen molar-refractivity contribution in [1.82, 2.24) is 14.1 Å². The van der Waals surface area contributed by atoms with Gasteiger partial charge in [0.2, 0.25) is 10.0 Å². The number of nitrogens with zero attached hydrogens (tertiary/aromatic N) is 3. The number of carbonyl (C=O) groups is 2. The van der Waals surface area contributed by atoms with Crippen LogP contribution in [0, 0.1) is 0 Å². The predicted octanol–water partition coefficient (Wildman–Crippen LogP) is 6.62. The number of hydrogen-bond donors (Lipinski definition) is 0. The summed E-state index contributed by atoms with van der Waals surface area (Å²) < 4.78 is 40.6. The zero-order chi connectivity index (χ0) is 35.4. The second-order valence-corrected chi connectivity index (χ2v) is 14.9. The van der Waals surface area contributed by atoms with E-state index in [4.69, 9.17) is 9.47 Å². The van der Waals surface area contributed by atoms with Crippen LogP contribution in [-0.4, -0.2) is 87.0 Å². The van der Waals surface area contributed by atoms with Crippen LogP contribution >= 0.6 is 0 Å². The average molecular weight is 698 g/mol. The first-order valence-electron chi connectivity index (χ1n) is 17.2. The van der Waals surface area contributed by atoms with E-state index in [1.165, 1.54) is 4.31 Å². The number of rotatable bonds is 15. The number of amides is 1. The van der Waals surface area contributed by atoms with Gasteiger partial charge in [0, 0.05) is 44.7 Å². The van der Waals surface area contributed by atoms with Crippen molar-refractivity contribution in [1.29, 1.82) is 0 Å². The molecule has 0 spiro atoms. The van der Waals surface area contributed by atoms with Gasteiger partial charge in [0.15, 0.2) is 0 Å². The number of carbonyl (C=O) groups excluding carboxylic acids is 2. The molecule has 264 valence electrons. The molecule has 1 saturated heterocycles. The third-order valence-corrected chi connectivity index (χ3v) is 11.4. The van der Waals surface area contributed by atoms with Crippen LogP contribution in [0.5, 0.6) is 0 Å². The van der Waals surface area contributed by atoms with Crippen LogP contribution in [0.3, 0.4) is 0 Å². The Morgan fingerprint density at radius 3 is 1.96 bits per heavy atom. The number of likely N-dealkylation sites (N-methyl/N-ethyl adjacent to an activating group) is 1. The zero-order valence-corrected chi connectivity index (χ0v) is 29.7. The maximum absolute atomic E-state index is 13.8. The molecule has 0 saturated carbocycles. The summed E-state index contributed by atoms with van der Waals surface area (Å²) >= 11 is 0. The van der Waals surface area contributed by atoms with Gasteiger partial charge in [0.25, 0.3) is 0 Å². The standard InChI is InChI=1S/C40H47N3O6S/c1-3-43(39(45)48-30-33-16-8-4-9-17-33)36-24-27-42(28-25-36)29-26-40(35-20-12-6-13-21-35,32-49-38(44)34-18-10-5-11-19-34)31-41(2)50(46,47)37-22-14-7-15-23-37/h4-23,36H,3,24-32H2,1-2H3. The molecule has 1 atom stereocenters. The Hall–Kier alpha value is -4.51. The minimum Gasteiger partial charge on any atom is -0.461 e. The molecule has 1 unspecified atom stereocenters. The van der Waals surface area contributed by atoms with E-state index in [0.29, 0.717) is 25.1 Å². The lowest BCUT2D eigenvalue weighted by Crippen LogP contribution is -2.50. The van der Waals surface area contributed by atoms with E-state index in [1.54, 1.807) is 61.6 Å². The van der Waals surface area contributed by atoms with E-state index in [0.717, 1.165) is 37.1 Å². The number of hydrogen-bond acceptors (Lipinski definition) is 7. The van der Waals surface area contributed by atoms with Gasteiger partial charge in [-0.25, -0.2) is 18.0 Å². The fraction of sp³-hybridized carbons (Fsp3) is 0.350. The molecule has 0 N–H and O–H groups in total. The Kier molecular flexibility index (Phi) is 12.8. The Morgan fingerprint density at radius 1 is 0.800 bits per heavy atom. The molecule has 1 aliphatic rings. The first-order valence-corrected chi connectivity index (χ1v) is 18.6. The average Bonchev–Trinajstić information content (AvgIpc) is 3.17. The number of piperidine rings is 1. The first kappa shape index (κ1) is 36.8. The lowest BCUT2D eigenvalue weighted by molar-refractivity contribution is 0.0337. The van der Waals surface area contributed by atoms with E-state index in [9.17, 15) is 18.0 Å². The number of likely N-dealkylation sites (tertiary alicyclic amines) is 1. The van der Waals surface area contributed by atoms with Gasteiger partial charge in [-0.15, -0.1) is 0 Å². The van der Waals surface area contributed by atoms with Crippen LogP contribution in [0.4, 0.5) is 4.79 Å². The van der Waals surface area contributed by atoms with Crippen molar-refractivity contribution in [2.45, 2.75) is 49.1 Å². The van der Waals surface area contributed by atoms with Crippen molar-refractivity contribution in [3.8, 4) is 0 Å². The Labute approximate surface area is 296 Å². The number of ether oxygens (including phenoxy) is 2. The summed E-state index contributed by atoms with van der Waals surface area (Å²) in [4.78, 5) is 30.7. The largest absolute Gasteiger partial charge is 0.461 e. The predicted molar refractivity (Wildman–Crippen MR) is 194 cm³/mol. The molecule has 1 amide bonds. The van der Waals surface area contributed by atoms with Gasteiger partial charge in [-0.1, -0.05) is 97.1 Å². The first-order chi connectivity index (χ1) is 24.2. The van der Waals surface area contributed by atoms with Gasteiger partial charge in [-0.3, -0.25) is 0 Å². The summed E-state index contributed by atoms with van der Waals surface area (Å²) in [6.07, 6.45) is 1.81. The van der Waals surface area contributed by atoms with Gasteiger partial charge in [-0.05, 0) is 68.1 Å². The molecule has 1 fully saturated rings. The second kappa shape index (κ2) is 17.4. The molecule has 4 aromatic rings. The molecule has 10 heteroatoms. The molecule has 50 heavy (non-hydrogen) atoms. The summed E-state index contributed by atoms with van der Waals surface area (Å²) in [5, 5.41) is 0. The number of sulfonamides is 1. The maximum atomic E-state index is 13.8. The van der Waals surface area contributed by atoms with Crippen LogP contribution in [0.25, 0.3) is 0 Å². The van der Waals surface area contributed by atoms with Crippen molar-refractivity contribution in [3.05, 3.63) is 138 Å². The minimum atomic E-state index is -3.83. The van der Waals surface area contributed by atoms with Gasteiger partial charge in [0.1, 0.15) is 13.2 Å². The summed E-state index contributed by atoms with van der Waals surface area (Å²) in [7, 11) is -2.25. The lowest BCUT2D eigenvalue weighted by atomic mass is 9.77. The van der Waals surface area contributed by atoms with Crippen molar-refractivity contribution < 1.29 is 27.5 Å². The molecule has 0 bridgehead atoms. The molecule has 9 nitrogen and oxygen atoms in total. The maximum Gasteiger partial charge on any atom is 0.410 e. The fourth-order valence-corrected chi connectivity index (χ4v) is 7.90. The molecular formula is C40H47N3O6S. The van der Waals surface area contributed by atoms with Crippen molar-refractivity contribution in [2.24, 2.45) is 0 Å². The third-order valence-electron chi connectivity index (χ3n) is 9.54. The van der Waals surface area contributed by atoms with E-state index >= 15 is 0 Å². The minimum absolute atomic E-state index is 0.00722. The van der Waals surface area contributed by atoms with E-state index < -0.39 is 21.4 Å². The third kappa shape index (κ3) is 9.38. The topological polar surface area (TPSA) is 96.5 Å². The van der Waals surface area contributed by atoms with Crippen LogP contribution < -0.4 is 0 Å². The highest BCUT2D eigenvalue weighted by atomic mass is 32.2. The van der Waals surface area contributed by atoms with Crippen LogP contribution in [0.15, 0.2) is 126 Å². The van der Waals surface area contributed by atoms with Gasteiger partial charge >= 0.3 is 12.1 Å². The smallest absolute Gasteiger partial charge is 0.410 e. The van der Waals surface area contributed by atoms with Crippen LogP contribution in [-0.2, 0) is 31.5 Å². The van der Waals surface area contributed by atoms with Gasteiger partial charge < -0.3 is 19.3 Å². The van der Waals surface area contributed by atoms with E-state index in [1.807, 2.05) is 78.6 Å².